The summed E-state index contributed by atoms with van der Waals surface area (Å²) in [7, 11) is 0. The van der Waals surface area contributed by atoms with Gasteiger partial charge in [0.15, 0.2) is 0 Å². The van der Waals surface area contributed by atoms with Crippen molar-refractivity contribution in [2.75, 3.05) is 6.61 Å². The van der Waals surface area contributed by atoms with Crippen molar-refractivity contribution in [1.29, 1.82) is 0 Å². The lowest BCUT2D eigenvalue weighted by atomic mass is 10.1. The highest BCUT2D eigenvalue weighted by molar-refractivity contribution is 6.30. The lowest BCUT2D eigenvalue weighted by Gasteiger charge is -2.20. The van der Waals surface area contributed by atoms with Gasteiger partial charge < -0.3 is 10.1 Å². The Morgan fingerprint density at radius 1 is 1.17 bits per heavy atom. The van der Waals surface area contributed by atoms with Crippen LogP contribution in [0.25, 0.3) is 0 Å². The third-order valence-electron chi connectivity index (χ3n) is 4.08. The number of esters is 1. The molecule has 24 heavy (non-hydrogen) atoms. The van der Waals surface area contributed by atoms with Crippen molar-refractivity contribution in [2.45, 2.75) is 32.7 Å². The molecule has 1 saturated carbocycles. The minimum absolute atomic E-state index is 0.229. The number of hydrogen-bond acceptors (Lipinski definition) is 4. The molecule has 0 heterocycles. The Morgan fingerprint density at radius 2 is 1.75 bits per heavy atom. The van der Waals surface area contributed by atoms with E-state index in [0.717, 1.165) is 0 Å². The Kier molecular flexibility index (Phi) is 5.03. The van der Waals surface area contributed by atoms with E-state index in [9.17, 15) is 14.4 Å². The van der Waals surface area contributed by atoms with Crippen LogP contribution in [-0.2, 0) is 9.53 Å². The smallest absolute Gasteiger partial charge is 0.334 e. The molecule has 3 N–H and O–H groups in total. The number of amides is 3. The van der Waals surface area contributed by atoms with Crippen LogP contribution < -0.4 is 16.2 Å². The highest BCUT2D eigenvalue weighted by Crippen LogP contribution is 2.56. The van der Waals surface area contributed by atoms with Crippen LogP contribution in [0.15, 0.2) is 24.3 Å². The highest BCUT2D eigenvalue weighted by Gasteiger charge is 2.68. The number of benzene rings is 1. The van der Waals surface area contributed by atoms with Gasteiger partial charge >= 0.3 is 12.0 Å². The Balaban J connectivity index is 1.92. The number of rotatable bonds is 4. The Labute approximate surface area is 145 Å². The third kappa shape index (κ3) is 3.62. The monoisotopic (exact) mass is 353 g/mol. The predicted molar refractivity (Wildman–Crippen MR) is 88.3 cm³/mol. The molecule has 1 unspecified atom stereocenters. The number of ether oxygens (including phenoxy) is 1. The first-order chi connectivity index (χ1) is 11.2. The van der Waals surface area contributed by atoms with Gasteiger partial charge in [0, 0.05) is 16.0 Å². The standard InChI is InChI=1S/C16H20ClN3O4/c1-4-24-13(22)16(9-15(16,2)3)18-14(23)20-19-12(21)10-5-7-11(17)8-6-10/h5-8H,4,9H2,1-3H3,(H,19,21)(H2,18,20,23). The molecule has 0 saturated heterocycles. The molecule has 0 spiro atoms. The summed E-state index contributed by atoms with van der Waals surface area (Å²) in [6.07, 6.45) is 0.470. The number of carbonyl (C=O) groups excluding carboxylic acids is 3. The van der Waals surface area contributed by atoms with Crippen LogP contribution >= 0.6 is 11.6 Å². The molecule has 0 bridgehead atoms. The molecule has 2 rings (SSSR count). The predicted octanol–water partition coefficient (Wildman–Crippen LogP) is 2.02. The molecular formula is C16H20ClN3O4. The van der Waals surface area contributed by atoms with Crippen molar-refractivity contribution in [3.8, 4) is 0 Å². The molecule has 1 aliphatic carbocycles. The van der Waals surface area contributed by atoms with Crippen molar-refractivity contribution < 1.29 is 19.1 Å². The van der Waals surface area contributed by atoms with Gasteiger partial charge in [-0.3, -0.25) is 10.2 Å². The van der Waals surface area contributed by atoms with Crippen molar-refractivity contribution in [3.63, 3.8) is 0 Å². The summed E-state index contributed by atoms with van der Waals surface area (Å²) in [4.78, 5) is 36.0. The molecule has 1 fully saturated rings. The van der Waals surface area contributed by atoms with Crippen LogP contribution in [0.2, 0.25) is 5.02 Å². The summed E-state index contributed by atoms with van der Waals surface area (Å²) in [6, 6.07) is 5.51. The van der Waals surface area contributed by atoms with Crippen molar-refractivity contribution in [1.82, 2.24) is 16.2 Å². The van der Waals surface area contributed by atoms with E-state index >= 15 is 0 Å². The Morgan fingerprint density at radius 3 is 2.25 bits per heavy atom. The van der Waals surface area contributed by atoms with E-state index in [2.05, 4.69) is 16.2 Å². The summed E-state index contributed by atoms with van der Waals surface area (Å²) in [5, 5.41) is 3.10. The quantitative estimate of drug-likeness (QED) is 0.570. The second-order valence-electron chi connectivity index (χ2n) is 6.23. The summed E-state index contributed by atoms with van der Waals surface area (Å²) in [5.41, 5.74) is 3.37. The molecule has 0 aliphatic heterocycles. The van der Waals surface area contributed by atoms with Gasteiger partial charge in [0.25, 0.3) is 5.91 Å². The van der Waals surface area contributed by atoms with Gasteiger partial charge in [-0.05, 0) is 37.6 Å². The fourth-order valence-corrected chi connectivity index (χ4v) is 2.62. The zero-order chi connectivity index (χ0) is 18.0. The molecule has 7 nitrogen and oxygen atoms in total. The molecular weight excluding hydrogens is 334 g/mol. The van der Waals surface area contributed by atoms with Crippen LogP contribution in [0.3, 0.4) is 0 Å². The zero-order valence-electron chi connectivity index (χ0n) is 13.7. The summed E-state index contributed by atoms with van der Waals surface area (Å²) in [5.74, 6) is -0.976. The third-order valence-corrected chi connectivity index (χ3v) is 4.34. The van der Waals surface area contributed by atoms with Crippen LogP contribution in [0.5, 0.6) is 0 Å². The Bertz CT molecular complexity index is 660. The molecule has 1 aliphatic rings. The van der Waals surface area contributed by atoms with Gasteiger partial charge in [-0.2, -0.15) is 0 Å². The van der Waals surface area contributed by atoms with E-state index in [-0.39, 0.29) is 6.61 Å². The lowest BCUT2D eigenvalue weighted by Crippen LogP contribution is -2.55. The first-order valence-corrected chi connectivity index (χ1v) is 7.91. The van der Waals surface area contributed by atoms with Gasteiger partial charge in [-0.25, -0.2) is 15.0 Å². The fourth-order valence-electron chi connectivity index (χ4n) is 2.50. The minimum atomic E-state index is -1.07. The number of hydrazine groups is 1. The van der Waals surface area contributed by atoms with Gasteiger partial charge in [0.1, 0.15) is 5.54 Å². The fraction of sp³-hybridized carbons (Fsp3) is 0.438. The van der Waals surface area contributed by atoms with E-state index in [0.29, 0.717) is 17.0 Å². The summed E-state index contributed by atoms with van der Waals surface area (Å²) >= 11 is 5.75. The van der Waals surface area contributed by atoms with Gasteiger partial charge in [0.05, 0.1) is 6.61 Å². The maximum absolute atomic E-state index is 12.1. The minimum Gasteiger partial charge on any atom is -0.464 e. The normalized spacial score (nSPS) is 20.7. The van der Waals surface area contributed by atoms with Crippen LogP contribution in [0.4, 0.5) is 4.79 Å². The van der Waals surface area contributed by atoms with Crippen molar-refractivity contribution in [3.05, 3.63) is 34.9 Å². The van der Waals surface area contributed by atoms with Crippen molar-refractivity contribution >= 4 is 29.5 Å². The van der Waals surface area contributed by atoms with Crippen LogP contribution in [0.1, 0.15) is 37.6 Å². The molecule has 0 radical (unpaired) electrons. The molecule has 0 aromatic heterocycles. The molecule has 1 aromatic carbocycles. The van der Waals surface area contributed by atoms with Crippen molar-refractivity contribution in [2.24, 2.45) is 5.41 Å². The highest BCUT2D eigenvalue weighted by atomic mass is 35.5. The second kappa shape index (κ2) is 6.68. The number of nitrogens with one attached hydrogen (secondary N) is 3. The summed E-state index contributed by atoms with van der Waals surface area (Å²) in [6.45, 7) is 5.65. The maximum Gasteiger partial charge on any atom is 0.334 e. The van der Waals surface area contributed by atoms with E-state index < -0.39 is 28.9 Å². The topological polar surface area (TPSA) is 96.5 Å². The van der Waals surface area contributed by atoms with Gasteiger partial charge in [-0.1, -0.05) is 25.4 Å². The molecule has 8 heteroatoms. The number of carbonyl (C=O) groups is 3. The molecule has 1 atom stereocenters. The van der Waals surface area contributed by atoms with E-state index in [4.69, 9.17) is 16.3 Å². The molecule has 130 valence electrons. The summed E-state index contributed by atoms with van der Waals surface area (Å²) < 4.78 is 5.03. The molecule has 3 amide bonds. The largest absolute Gasteiger partial charge is 0.464 e. The van der Waals surface area contributed by atoms with Crippen LogP contribution in [0, 0.1) is 5.41 Å². The van der Waals surface area contributed by atoms with E-state index in [1.54, 1.807) is 19.1 Å². The maximum atomic E-state index is 12.1. The average molecular weight is 354 g/mol. The SMILES string of the molecule is CCOC(=O)C1(NC(=O)NNC(=O)c2ccc(Cl)cc2)CC1(C)C. The van der Waals surface area contributed by atoms with E-state index in [1.165, 1.54) is 12.1 Å². The zero-order valence-corrected chi connectivity index (χ0v) is 14.5. The first-order valence-electron chi connectivity index (χ1n) is 7.53. The Hall–Kier alpha value is -2.28. The van der Waals surface area contributed by atoms with Gasteiger partial charge in [-0.15, -0.1) is 0 Å². The number of halogens is 1. The lowest BCUT2D eigenvalue weighted by molar-refractivity contribution is -0.147. The van der Waals surface area contributed by atoms with E-state index in [1.807, 2.05) is 13.8 Å². The second-order valence-corrected chi connectivity index (χ2v) is 6.66. The average Bonchev–Trinajstić information content (AvgIpc) is 3.08. The molecule has 1 aromatic rings. The van der Waals surface area contributed by atoms with Crippen LogP contribution in [-0.4, -0.2) is 30.1 Å². The number of hydrogen-bond donors (Lipinski definition) is 3. The van der Waals surface area contributed by atoms with Gasteiger partial charge in [0.2, 0.25) is 0 Å². The number of urea groups is 1. The first kappa shape index (κ1) is 18.1.